The smallest absolute Gasteiger partial charge is 0.188 e. The first-order valence-corrected chi connectivity index (χ1v) is 4.47. The predicted molar refractivity (Wildman–Crippen MR) is 64.6 cm³/mol. The lowest BCUT2D eigenvalue weighted by molar-refractivity contribution is 0.252. The van der Waals surface area contributed by atoms with E-state index in [1.165, 1.54) is 6.42 Å². The number of halogens is 2. The summed E-state index contributed by atoms with van der Waals surface area (Å²) < 4.78 is 0. The Morgan fingerprint density at radius 3 is 2.71 bits per heavy atom. The van der Waals surface area contributed by atoms with Gasteiger partial charge in [0.15, 0.2) is 5.96 Å². The SMILES string of the molecule is CNCC1CCCN(C(=N)N)C1.Cl.Cl. The summed E-state index contributed by atoms with van der Waals surface area (Å²) in [6.45, 7) is 2.93. The molecule has 1 aliphatic heterocycles. The molecule has 0 spiro atoms. The van der Waals surface area contributed by atoms with E-state index in [-0.39, 0.29) is 30.8 Å². The average molecular weight is 243 g/mol. The van der Waals surface area contributed by atoms with Crippen molar-refractivity contribution in [3.8, 4) is 0 Å². The zero-order valence-electron chi connectivity index (χ0n) is 8.45. The molecule has 0 radical (unpaired) electrons. The van der Waals surface area contributed by atoms with Gasteiger partial charge in [-0.15, -0.1) is 24.8 Å². The van der Waals surface area contributed by atoms with Crippen LogP contribution in [0.3, 0.4) is 0 Å². The quantitative estimate of drug-likeness (QED) is 0.493. The largest absolute Gasteiger partial charge is 0.370 e. The molecule has 0 amide bonds. The summed E-state index contributed by atoms with van der Waals surface area (Å²) in [5, 5.41) is 10.5. The first-order valence-electron chi connectivity index (χ1n) is 4.47. The van der Waals surface area contributed by atoms with E-state index in [2.05, 4.69) is 5.32 Å². The standard InChI is InChI=1S/C8H18N4.2ClH/c1-11-5-7-3-2-4-12(6-7)8(9)10;;/h7,11H,2-6H2,1H3,(H3,9,10);2*1H. The second-order valence-corrected chi connectivity index (χ2v) is 3.40. The van der Waals surface area contributed by atoms with Gasteiger partial charge in [-0.3, -0.25) is 5.41 Å². The molecule has 4 nitrogen and oxygen atoms in total. The van der Waals surface area contributed by atoms with Gasteiger partial charge in [-0.1, -0.05) is 0 Å². The van der Waals surface area contributed by atoms with Gasteiger partial charge in [0.2, 0.25) is 0 Å². The van der Waals surface area contributed by atoms with Crippen LogP contribution in [0.5, 0.6) is 0 Å². The molecular weight excluding hydrogens is 223 g/mol. The van der Waals surface area contributed by atoms with E-state index in [0.717, 1.165) is 26.1 Å². The second kappa shape index (κ2) is 8.15. The minimum absolute atomic E-state index is 0. The maximum atomic E-state index is 7.29. The number of nitrogens with two attached hydrogens (primary N) is 1. The van der Waals surface area contributed by atoms with Crippen LogP contribution in [0.25, 0.3) is 0 Å². The molecule has 0 aromatic carbocycles. The van der Waals surface area contributed by atoms with E-state index in [1.54, 1.807) is 0 Å². The molecule has 1 rings (SSSR count). The lowest BCUT2D eigenvalue weighted by Gasteiger charge is -2.32. The number of guanidine groups is 1. The maximum absolute atomic E-state index is 7.29. The highest BCUT2D eigenvalue weighted by atomic mass is 35.5. The van der Waals surface area contributed by atoms with Gasteiger partial charge in [0.1, 0.15) is 0 Å². The molecule has 1 fully saturated rings. The topological polar surface area (TPSA) is 65.1 Å². The molecule has 1 saturated heterocycles. The van der Waals surface area contributed by atoms with Crippen LogP contribution in [0.1, 0.15) is 12.8 Å². The number of likely N-dealkylation sites (tertiary alicyclic amines) is 1. The summed E-state index contributed by atoms with van der Waals surface area (Å²) in [4.78, 5) is 1.95. The van der Waals surface area contributed by atoms with Crippen molar-refractivity contribution in [1.29, 1.82) is 5.41 Å². The lowest BCUT2D eigenvalue weighted by atomic mass is 9.98. The van der Waals surface area contributed by atoms with Crippen LogP contribution in [0, 0.1) is 11.3 Å². The average Bonchev–Trinajstić information content (AvgIpc) is 2.05. The Morgan fingerprint density at radius 1 is 1.57 bits per heavy atom. The van der Waals surface area contributed by atoms with E-state index < -0.39 is 0 Å². The lowest BCUT2D eigenvalue weighted by Crippen LogP contribution is -2.45. The Kier molecular flexibility index (Phi) is 9.45. The van der Waals surface area contributed by atoms with Crippen molar-refractivity contribution in [2.24, 2.45) is 11.7 Å². The Hall–Kier alpha value is -0.190. The summed E-state index contributed by atoms with van der Waals surface area (Å²) in [5.41, 5.74) is 5.41. The molecule has 0 aromatic rings. The molecule has 6 heteroatoms. The van der Waals surface area contributed by atoms with Crippen LogP contribution >= 0.6 is 24.8 Å². The van der Waals surface area contributed by atoms with Gasteiger partial charge in [-0.2, -0.15) is 0 Å². The van der Waals surface area contributed by atoms with Crippen molar-refractivity contribution in [3.63, 3.8) is 0 Å². The van der Waals surface area contributed by atoms with Gasteiger partial charge < -0.3 is 16.0 Å². The van der Waals surface area contributed by atoms with Crippen molar-refractivity contribution >= 4 is 30.8 Å². The molecule has 0 bridgehead atoms. The molecule has 4 N–H and O–H groups in total. The number of rotatable bonds is 2. The highest BCUT2D eigenvalue weighted by molar-refractivity contribution is 5.85. The molecule has 14 heavy (non-hydrogen) atoms. The first-order chi connectivity index (χ1) is 5.74. The van der Waals surface area contributed by atoms with E-state index in [1.807, 2.05) is 11.9 Å². The van der Waals surface area contributed by atoms with E-state index in [4.69, 9.17) is 11.1 Å². The molecule has 1 atom stereocenters. The molecular formula is C8H20Cl2N4. The number of hydrogen-bond donors (Lipinski definition) is 3. The molecule has 86 valence electrons. The van der Waals surface area contributed by atoms with Crippen molar-refractivity contribution in [3.05, 3.63) is 0 Å². The minimum atomic E-state index is 0. The summed E-state index contributed by atoms with van der Waals surface area (Å²) in [7, 11) is 1.96. The Balaban J connectivity index is 0. The van der Waals surface area contributed by atoms with Gasteiger partial charge in [0.25, 0.3) is 0 Å². The highest BCUT2D eigenvalue weighted by Gasteiger charge is 2.19. The van der Waals surface area contributed by atoms with E-state index >= 15 is 0 Å². The van der Waals surface area contributed by atoms with Gasteiger partial charge in [0.05, 0.1) is 0 Å². The molecule has 1 aliphatic rings. The van der Waals surface area contributed by atoms with Crippen LogP contribution in [0.15, 0.2) is 0 Å². The summed E-state index contributed by atoms with van der Waals surface area (Å²) in [5.74, 6) is 0.878. The van der Waals surface area contributed by atoms with Crippen LogP contribution in [-0.4, -0.2) is 37.5 Å². The maximum Gasteiger partial charge on any atom is 0.188 e. The molecule has 1 heterocycles. The van der Waals surface area contributed by atoms with E-state index in [9.17, 15) is 0 Å². The predicted octanol–water partition coefficient (Wildman–Crippen LogP) is 0.655. The zero-order valence-corrected chi connectivity index (χ0v) is 10.1. The fourth-order valence-electron chi connectivity index (χ4n) is 1.74. The van der Waals surface area contributed by atoms with Crippen LogP contribution in [-0.2, 0) is 0 Å². The second-order valence-electron chi connectivity index (χ2n) is 3.40. The zero-order chi connectivity index (χ0) is 8.97. The summed E-state index contributed by atoms with van der Waals surface area (Å²) >= 11 is 0. The van der Waals surface area contributed by atoms with Gasteiger partial charge in [0, 0.05) is 13.1 Å². The molecule has 0 aliphatic carbocycles. The van der Waals surface area contributed by atoms with Crippen LogP contribution in [0.4, 0.5) is 0 Å². The Morgan fingerprint density at radius 2 is 2.21 bits per heavy atom. The molecule has 0 saturated carbocycles. The number of piperidine rings is 1. The monoisotopic (exact) mass is 242 g/mol. The first kappa shape index (κ1) is 16.2. The molecule has 0 aromatic heterocycles. The number of nitrogens with zero attached hydrogens (tertiary/aromatic N) is 1. The van der Waals surface area contributed by atoms with Crippen LogP contribution < -0.4 is 11.1 Å². The van der Waals surface area contributed by atoms with Gasteiger partial charge in [-0.25, -0.2) is 0 Å². The third-order valence-electron chi connectivity index (χ3n) is 2.35. The third-order valence-corrected chi connectivity index (χ3v) is 2.35. The number of nitrogens with one attached hydrogen (secondary N) is 2. The van der Waals surface area contributed by atoms with Crippen LogP contribution in [0.2, 0.25) is 0 Å². The third kappa shape index (κ3) is 4.88. The van der Waals surface area contributed by atoms with E-state index in [0.29, 0.717) is 5.92 Å². The Labute approximate surface area is 97.9 Å². The van der Waals surface area contributed by atoms with Crippen molar-refractivity contribution in [2.75, 3.05) is 26.7 Å². The van der Waals surface area contributed by atoms with Crippen molar-refractivity contribution in [2.45, 2.75) is 12.8 Å². The van der Waals surface area contributed by atoms with Gasteiger partial charge >= 0.3 is 0 Å². The van der Waals surface area contributed by atoms with Gasteiger partial charge in [-0.05, 0) is 32.4 Å². The Bertz CT molecular complexity index is 163. The van der Waals surface area contributed by atoms with Crippen molar-refractivity contribution < 1.29 is 0 Å². The normalized spacial score (nSPS) is 20.6. The molecule has 1 unspecified atom stereocenters. The highest BCUT2D eigenvalue weighted by Crippen LogP contribution is 2.14. The minimum Gasteiger partial charge on any atom is -0.370 e. The fraction of sp³-hybridized carbons (Fsp3) is 0.875. The van der Waals surface area contributed by atoms with Crippen molar-refractivity contribution in [1.82, 2.24) is 10.2 Å². The number of hydrogen-bond acceptors (Lipinski definition) is 2. The summed E-state index contributed by atoms with van der Waals surface area (Å²) in [6, 6.07) is 0. The fourth-order valence-corrected chi connectivity index (χ4v) is 1.74. The summed E-state index contributed by atoms with van der Waals surface area (Å²) in [6.07, 6.45) is 2.41.